The van der Waals surface area contributed by atoms with Gasteiger partial charge in [0.05, 0.1) is 29.3 Å². The Morgan fingerprint density at radius 2 is 2.07 bits per heavy atom. The zero-order chi connectivity index (χ0) is 19.4. The number of nitrogens with one attached hydrogen (secondary N) is 1. The van der Waals surface area contributed by atoms with Gasteiger partial charge in [-0.25, -0.2) is 0 Å². The summed E-state index contributed by atoms with van der Waals surface area (Å²) in [7, 11) is 1.57. The zero-order valence-corrected chi connectivity index (χ0v) is 15.9. The molecule has 3 rings (SSSR count). The molecule has 1 amide bonds. The van der Waals surface area contributed by atoms with Gasteiger partial charge in [0.1, 0.15) is 10.1 Å². The molecule has 7 nitrogen and oxygen atoms in total. The van der Waals surface area contributed by atoms with E-state index in [0.717, 1.165) is 17.4 Å². The third-order valence-corrected chi connectivity index (χ3v) is 5.16. The number of nitro benzene ring substituents is 1. The number of hydrogen-bond donors (Lipinski definition) is 1. The Kier molecular flexibility index (Phi) is 5.72. The summed E-state index contributed by atoms with van der Waals surface area (Å²) in [5.74, 6) is 0.411. The second-order valence-electron chi connectivity index (χ2n) is 5.50. The Hall–Kier alpha value is -2.91. The quantitative estimate of drug-likeness (QED) is 0.340. The van der Waals surface area contributed by atoms with Gasteiger partial charge >= 0.3 is 0 Å². The van der Waals surface area contributed by atoms with Crippen molar-refractivity contribution < 1.29 is 14.5 Å². The molecular weight excluding hydrogens is 386 g/mol. The van der Waals surface area contributed by atoms with Crippen LogP contribution in [0, 0.1) is 10.1 Å². The molecule has 0 aliphatic carbocycles. The summed E-state index contributed by atoms with van der Waals surface area (Å²) in [4.78, 5) is 24.9. The van der Waals surface area contributed by atoms with Gasteiger partial charge in [-0.05, 0) is 23.8 Å². The van der Waals surface area contributed by atoms with Crippen molar-refractivity contribution in [3.8, 4) is 5.75 Å². The number of anilines is 1. The first kappa shape index (κ1) is 18.9. The molecular formula is C18H15N3O4S2. The molecule has 138 valence electrons. The first-order valence-corrected chi connectivity index (χ1v) is 9.09. The van der Waals surface area contributed by atoms with Gasteiger partial charge in [-0.1, -0.05) is 48.2 Å². The number of methoxy groups -OCH3 is 1. The normalized spacial score (nSPS) is 15.3. The Morgan fingerprint density at radius 3 is 2.81 bits per heavy atom. The number of thiocarbonyl (C=S) groups is 1. The third kappa shape index (κ3) is 4.26. The molecule has 0 atom stereocenters. The highest BCUT2D eigenvalue weighted by atomic mass is 32.2. The smallest absolute Gasteiger partial charge is 0.270 e. The van der Waals surface area contributed by atoms with Crippen molar-refractivity contribution in [2.75, 3.05) is 19.1 Å². The lowest BCUT2D eigenvalue weighted by molar-refractivity contribution is -0.384. The topological polar surface area (TPSA) is 84.7 Å². The number of nitro groups is 1. The van der Waals surface area contributed by atoms with Crippen molar-refractivity contribution >= 4 is 51.7 Å². The van der Waals surface area contributed by atoms with Gasteiger partial charge in [-0.3, -0.25) is 19.8 Å². The van der Waals surface area contributed by atoms with Crippen LogP contribution in [0.2, 0.25) is 0 Å². The highest BCUT2D eigenvalue weighted by Crippen LogP contribution is 2.33. The van der Waals surface area contributed by atoms with Gasteiger partial charge in [0.15, 0.2) is 0 Å². The number of rotatable bonds is 6. The van der Waals surface area contributed by atoms with Crippen LogP contribution in [0.15, 0.2) is 53.4 Å². The van der Waals surface area contributed by atoms with Crippen LogP contribution < -0.4 is 10.1 Å². The van der Waals surface area contributed by atoms with Crippen LogP contribution in [0.3, 0.4) is 0 Å². The third-order valence-electron chi connectivity index (χ3n) is 3.79. The number of hydrogen-bond acceptors (Lipinski definition) is 7. The van der Waals surface area contributed by atoms with Gasteiger partial charge < -0.3 is 10.1 Å². The van der Waals surface area contributed by atoms with Crippen molar-refractivity contribution in [3.05, 3.63) is 69.1 Å². The number of benzene rings is 2. The molecule has 0 unspecified atom stereocenters. The Morgan fingerprint density at radius 1 is 1.30 bits per heavy atom. The molecule has 0 spiro atoms. The van der Waals surface area contributed by atoms with Crippen LogP contribution >= 0.6 is 24.0 Å². The largest absolute Gasteiger partial charge is 0.495 e. The van der Waals surface area contributed by atoms with Crippen molar-refractivity contribution in [3.63, 3.8) is 0 Å². The summed E-state index contributed by atoms with van der Waals surface area (Å²) in [6.07, 6.45) is 1.61. The van der Waals surface area contributed by atoms with Gasteiger partial charge in [0.2, 0.25) is 0 Å². The highest BCUT2D eigenvalue weighted by Gasteiger charge is 2.32. The lowest BCUT2D eigenvalue weighted by Crippen LogP contribution is -2.33. The second kappa shape index (κ2) is 8.19. The Balaban J connectivity index is 1.75. The molecule has 1 aliphatic heterocycles. The van der Waals surface area contributed by atoms with Crippen molar-refractivity contribution in [1.82, 2.24) is 4.90 Å². The standard InChI is InChI=1S/C18H15N3O4S2/c1-25-15-8-3-2-7-14(15)19-11-20-17(22)16(27-18(20)26)10-12-5-4-6-13(9-12)21(23)24/h2-10,19H,11H2,1H3. The molecule has 2 aromatic rings. The molecule has 27 heavy (non-hydrogen) atoms. The van der Waals surface area contributed by atoms with Crippen LogP contribution in [0.1, 0.15) is 5.56 Å². The number of amides is 1. The molecule has 0 aromatic heterocycles. The van der Waals surface area contributed by atoms with E-state index in [0.29, 0.717) is 20.5 Å². The van der Waals surface area contributed by atoms with E-state index in [1.165, 1.54) is 17.0 Å². The van der Waals surface area contributed by atoms with E-state index in [-0.39, 0.29) is 18.3 Å². The molecule has 1 aliphatic rings. The zero-order valence-electron chi connectivity index (χ0n) is 14.2. The maximum Gasteiger partial charge on any atom is 0.270 e. The molecule has 1 saturated heterocycles. The van der Waals surface area contributed by atoms with Crippen molar-refractivity contribution in [1.29, 1.82) is 0 Å². The van der Waals surface area contributed by atoms with Crippen molar-refractivity contribution in [2.24, 2.45) is 0 Å². The summed E-state index contributed by atoms with van der Waals surface area (Å²) in [6, 6.07) is 13.5. The predicted molar refractivity (Wildman–Crippen MR) is 110 cm³/mol. The Labute approximate surface area is 165 Å². The van der Waals surface area contributed by atoms with Crippen molar-refractivity contribution in [2.45, 2.75) is 0 Å². The first-order valence-electron chi connectivity index (χ1n) is 7.86. The van der Waals surface area contributed by atoms with Crippen LogP contribution in [-0.4, -0.2) is 33.8 Å². The van der Waals surface area contributed by atoms with Gasteiger partial charge in [-0.15, -0.1) is 0 Å². The van der Waals surface area contributed by atoms with Gasteiger partial charge in [-0.2, -0.15) is 0 Å². The second-order valence-corrected chi connectivity index (χ2v) is 7.17. The van der Waals surface area contributed by atoms with E-state index in [2.05, 4.69) is 5.32 Å². The maximum atomic E-state index is 12.7. The average molecular weight is 401 g/mol. The molecule has 1 fully saturated rings. The highest BCUT2D eigenvalue weighted by molar-refractivity contribution is 8.26. The number of para-hydroxylation sites is 2. The summed E-state index contributed by atoms with van der Waals surface area (Å²) in [5, 5.41) is 14.0. The van der Waals surface area contributed by atoms with E-state index in [1.54, 1.807) is 25.3 Å². The summed E-state index contributed by atoms with van der Waals surface area (Å²) in [6.45, 7) is 0.192. The fourth-order valence-electron chi connectivity index (χ4n) is 2.47. The first-order chi connectivity index (χ1) is 13.0. The molecule has 9 heteroatoms. The van der Waals surface area contributed by atoms with Crippen LogP contribution in [0.5, 0.6) is 5.75 Å². The molecule has 1 N–H and O–H groups in total. The lowest BCUT2D eigenvalue weighted by atomic mass is 10.2. The minimum Gasteiger partial charge on any atom is -0.495 e. The molecule has 0 saturated carbocycles. The SMILES string of the molecule is COc1ccccc1NCN1C(=O)C(=Cc2cccc([N+](=O)[O-])c2)SC1=S. The number of nitrogens with zero attached hydrogens (tertiary/aromatic N) is 2. The average Bonchev–Trinajstić information content (AvgIpc) is 2.93. The van der Waals surface area contributed by atoms with Gasteiger partial charge in [0, 0.05) is 12.1 Å². The minimum atomic E-state index is -0.472. The summed E-state index contributed by atoms with van der Waals surface area (Å²) >= 11 is 6.47. The fraction of sp³-hybridized carbons (Fsp3) is 0.111. The number of carbonyl (C=O) groups is 1. The monoisotopic (exact) mass is 401 g/mol. The number of ether oxygens (including phenoxy) is 1. The van der Waals surface area contributed by atoms with Crippen LogP contribution in [0.25, 0.3) is 6.08 Å². The molecule has 0 bridgehead atoms. The molecule has 1 heterocycles. The predicted octanol–water partition coefficient (Wildman–Crippen LogP) is 3.87. The molecule has 2 aromatic carbocycles. The number of carbonyl (C=O) groups excluding carboxylic acids is 1. The number of thioether (sulfide) groups is 1. The fourth-order valence-corrected chi connectivity index (χ4v) is 3.73. The maximum absolute atomic E-state index is 12.7. The van der Waals surface area contributed by atoms with E-state index in [9.17, 15) is 14.9 Å². The summed E-state index contributed by atoms with van der Waals surface area (Å²) < 4.78 is 5.69. The van der Waals surface area contributed by atoms with Crippen LogP contribution in [0.4, 0.5) is 11.4 Å². The minimum absolute atomic E-state index is 0.0305. The Bertz CT molecular complexity index is 946. The van der Waals surface area contributed by atoms with E-state index in [1.807, 2.05) is 24.3 Å². The summed E-state index contributed by atoms with van der Waals surface area (Å²) in [5.41, 5.74) is 1.29. The lowest BCUT2D eigenvalue weighted by Gasteiger charge is -2.17. The van der Waals surface area contributed by atoms with E-state index < -0.39 is 4.92 Å². The van der Waals surface area contributed by atoms with E-state index in [4.69, 9.17) is 17.0 Å². The molecule has 0 radical (unpaired) electrons. The van der Waals surface area contributed by atoms with Gasteiger partial charge in [0.25, 0.3) is 11.6 Å². The number of non-ortho nitro benzene ring substituents is 1. The van der Waals surface area contributed by atoms with E-state index >= 15 is 0 Å². The van der Waals surface area contributed by atoms with Crippen LogP contribution in [-0.2, 0) is 4.79 Å².